The van der Waals surface area contributed by atoms with Crippen LogP contribution in [-0.2, 0) is 30.2 Å². The highest BCUT2D eigenvalue weighted by atomic mass is 31.2. The number of H-pyrrole nitrogens is 1. The number of ether oxygens (including phenoxy) is 2. The molecule has 0 aliphatic heterocycles. The number of hydrogen-bond acceptors (Lipinski definition) is 9. The van der Waals surface area contributed by atoms with E-state index < -0.39 is 31.1 Å². The number of hydrogen-bond donors (Lipinski definition) is 4. The predicted octanol–water partition coefficient (Wildman–Crippen LogP) is 0.900. The average Bonchev–Trinajstić information content (AvgIpc) is 3.41. The third-order valence-electron chi connectivity index (χ3n) is 5.60. The van der Waals surface area contributed by atoms with E-state index in [0.29, 0.717) is 5.65 Å². The quantitative estimate of drug-likeness (QED) is 0.186. The molecule has 1 saturated carbocycles. The van der Waals surface area contributed by atoms with Crippen molar-refractivity contribution in [3.05, 3.63) is 16.7 Å². The molecule has 3 atom stereocenters. The topological polar surface area (TPSA) is 183 Å². The van der Waals surface area contributed by atoms with Gasteiger partial charge in [0.05, 0.1) is 19.0 Å². The number of ketones is 1. The molecule has 2 aromatic heterocycles. The highest BCUT2D eigenvalue weighted by Gasteiger charge is 2.32. The molecular weight excluding hydrogens is 465 g/mol. The lowest BCUT2D eigenvalue weighted by atomic mass is 10.3. The van der Waals surface area contributed by atoms with Crippen molar-refractivity contribution < 1.29 is 23.6 Å². The molecule has 1 aliphatic rings. The van der Waals surface area contributed by atoms with Gasteiger partial charge < -0.3 is 19.8 Å². The molecule has 14 heteroatoms. The van der Waals surface area contributed by atoms with E-state index in [1.165, 1.54) is 13.3 Å². The molecule has 13 nitrogen and oxygen atoms in total. The second-order valence-corrected chi connectivity index (χ2v) is 10.7. The molecule has 5 N–H and O–H groups in total. The highest BCUT2D eigenvalue weighted by Crippen LogP contribution is 2.37. The number of anilines is 1. The Balaban J connectivity index is 1.61. The van der Waals surface area contributed by atoms with Gasteiger partial charge in [-0.2, -0.15) is 4.98 Å². The van der Waals surface area contributed by atoms with E-state index in [4.69, 9.17) is 15.2 Å². The van der Waals surface area contributed by atoms with Crippen LogP contribution in [0.4, 0.5) is 5.95 Å². The first kappa shape index (κ1) is 26.0. The Morgan fingerprint density at radius 1 is 1.29 bits per heavy atom. The number of aromatic amines is 1. The molecule has 0 saturated heterocycles. The third-order valence-corrected chi connectivity index (χ3v) is 7.75. The number of nitrogens with zero attached hydrogens (tertiary/aromatic N) is 3. The zero-order valence-corrected chi connectivity index (χ0v) is 20.5. The van der Waals surface area contributed by atoms with Crippen molar-refractivity contribution >= 4 is 36.3 Å². The van der Waals surface area contributed by atoms with Gasteiger partial charge in [-0.05, 0) is 46.5 Å². The lowest BCUT2D eigenvalue weighted by molar-refractivity contribution is -0.150. The molecule has 0 radical (unpaired) electrons. The molecule has 188 valence electrons. The van der Waals surface area contributed by atoms with Crippen LogP contribution in [0.5, 0.6) is 0 Å². The first-order chi connectivity index (χ1) is 16.1. The van der Waals surface area contributed by atoms with Crippen LogP contribution < -0.4 is 21.5 Å². The van der Waals surface area contributed by atoms with Crippen LogP contribution in [0.3, 0.4) is 0 Å². The van der Waals surface area contributed by atoms with E-state index >= 15 is 0 Å². The minimum atomic E-state index is -3.51. The maximum absolute atomic E-state index is 13.5. The number of Topliss-reactive ketones (excluding diaryl/α,β-unsaturated/α-hetero) is 1. The van der Waals surface area contributed by atoms with Gasteiger partial charge in [0.1, 0.15) is 24.3 Å². The molecule has 1 unspecified atom stereocenters. The van der Waals surface area contributed by atoms with E-state index in [1.807, 2.05) is 0 Å². The fourth-order valence-electron chi connectivity index (χ4n) is 3.64. The molecule has 34 heavy (non-hydrogen) atoms. The van der Waals surface area contributed by atoms with Gasteiger partial charge in [-0.1, -0.05) is 0 Å². The number of nitrogens with two attached hydrogens (primary N) is 1. The van der Waals surface area contributed by atoms with Crippen molar-refractivity contribution in [1.82, 2.24) is 29.7 Å². The molecule has 1 aliphatic carbocycles. The molecular formula is C20H32N7O6P. The highest BCUT2D eigenvalue weighted by molar-refractivity contribution is 7.59. The van der Waals surface area contributed by atoms with Gasteiger partial charge in [-0.3, -0.25) is 23.9 Å². The summed E-state index contributed by atoms with van der Waals surface area (Å²) in [6.45, 7) is 4.89. The minimum Gasteiger partial charge on any atom is -0.461 e. The number of aromatic nitrogens is 4. The molecule has 0 spiro atoms. The van der Waals surface area contributed by atoms with Gasteiger partial charge in [0.25, 0.3) is 5.56 Å². The molecule has 2 aromatic rings. The van der Waals surface area contributed by atoms with Crippen LogP contribution in [0.2, 0.25) is 0 Å². The molecule has 3 rings (SSSR count). The summed E-state index contributed by atoms with van der Waals surface area (Å²) in [6.07, 6.45) is 4.73. The van der Waals surface area contributed by atoms with Gasteiger partial charge in [-0.15, -0.1) is 0 Å². The fraction of sp³-hybridized carbons (Fsp3) is 0.650. The summed E-state index contributed by atoms with van der Waals surface area (Å²) in [5.74, 6) is -0.736. The molecule has 0 bridgehead atoms. The van der Waals surface area contributed by atoms with Gasteiger partial charge in [0.2, 0.25) is 13.4 Å². The average molecular weight is 497 g/mol. The number of rotatable bonds is 12. The van der Waals surface area contributed by atoms with E-state index in [9.17, 15) is 18.9 Å². The number of imidazole rings is 1. The Labute approximate surface area is 196 Å². The van der Waals surface area contributed by atoms with Crippen molar-refractivity contribution in [3.8, 4) is 0 Å². The normalized spacial score (nSPS) is 18.0. The smallest absolute Gasteiger partial charge is 0.323 e. The first-order valence-electron chi connectivity index (χ1n) is 11.2. The number of fused-ring (bicyclic) bond motifs is 1. The van der Waals surface area contributed by atoms with Gasteiger partial charge in [0, 0.05) is 6.54 Å². The van der Waals surface area contributed by atoms with Crippen molar-refractivity contribution in [2.75, 3.05) is 18.7 Å². The summed E-state index contributed by atoms with van der Waals surface area (Å²) in [4.78, 5) is 46.6. The molecule has 2 heterocycles. The van der Waals surface area contributed by atoms with Crippen LogP contribution in [0, 0.1) is 0 Å². The second kappa shape index (κ2) is 11.2. The SMILES string of the molecule is CC(=O)[C@@H](C)NP(=O)(COCCn1cnc2c(=O)[nH]c(N)nc21)N[C@@H](C)C(=O)OC1CCCC1. The zero-order chi connectivity index (χ0) is 24.9. The number of esters is 1. The van der Waals surface area contributed by atoms with Gasteiger partial charge >= 0.3 is 5.97 Å². The predicted molar refractivity (Wildman–Crippen MR) is 125 cm³/mol. The van der Waals surface area contributed by atoms with Crippen LogP contribution in [-0.4, -0.2) is 62.4 Å². The summed E-state index contributed by atoms with van der Waals surface area (Å²) in [6, 6.07) is -1.57. The van der Waals surface area contributed by atoms with Crippen LogP contribution in [0.15, 0.2) is 11.1 Å². The molecule has 0 aromatic carbocycles. The summed E-state index contributed by atoms with van der Waals surface area (Å²) in [7, 11) is -3.51. The molecule has 0 amide bonds. The van der Waals surface area contributed by atoms with Crippen molar-refractivity contribution in [2.24, 2.45) is 0 Å². The number of nitrogens with one attached hydrogen (secondary N) is 3. The van der Waals surface area contributed by atoms with E-state index in [0.717, 1.165) is 25.7 Å². The van der Waals surface area contributed by atoms with Crippen LogP contribution >= 0.6 is 7.44 Å². The summed E-state index contributed by atoms with van der Waals surface area (Å²) < 4.78 is 26.3. The second-order valence-electron chi connectivity index (χ2n) is 8.49. The number of carbonyl (C=O) groups excluding carboxylic acids is 2. The van der Waals surface area contributed by atoms with Gasteiger partial charge in [-0.25, -0.2) is 15.2 Å². The fourth-order valence-corrected chi connectivity index (χ4v) is 5.79. The monoisotopic (exact) mass is 497 g/mol. The minimum absolute atomic E-state index is 0.0326. The number of carbonyl (C=O) groups is 2. The van der Waals surface area contributed by atoms with E-state index in [-0.39, 0.29) is 42.9 Å². The number of nitrogen functional groups attached to an aromatic ring is 1. The van der Waals surface area contributed by atoms with Gasteiger partial charge in [0.15, 0.2) is 11.2 Å². The maximum Gasteiger partial charge on any atom is 0.323 e. The van der Waals surface area contributed by atoms with E-state index in [1.54, 1.807) is 18.4 Å². The van der Waals surface area contributed by atoms with Crippen LogP contribution in [0.1, 0.15) is 46.5 Å². The Hall–Kier alpha value is -2.60. The lowest BCUT2D eigenvalue weighted by Gasteiger charge is -2.26. The molecule has 1 fully saturated rings. The zero-order valence-electron chi connectivity index (χ0n) is 19.6. The third kappa shape index (κ3) is 6.72. The maximum atomic E-state index is 13.5. The largest absolute Gasteiger partial charge is 0.461 e. The Morgan fingerprint density at radius 3 is 2.65 bits per heavy atom. The Morgan fingerprint density at radius 2 is 1.97 bits per heavy atom. The Bertz CT molecular complexity index is 1130. The summed E-state index contributed by atoms with van der Waals surface area (Å²) in [5.41, 5.74) is 5.60. The van der Waals surface area contributed by atoms with Crippen molar-refractivity contribution in [3.63, 3.8) is 0 Å². The van der Waals surface area contributed by atoms with Crippen molar-refractivity contribution in [2.45, 2.75) is 71.2 Å². The summed E-state index contributed by atoms with van der Waals surface area (Å²) >= 11 is 0. The Kier molecular flexibility index (Phi) is 8.58. The summed E-state index contributed by atoms with van der Waals surface area (Å²) in [5, 5.41) is 5.57. The van der Waals surface area contributed by atoms with Crippen molar-refractivity contribution in [1.29, 1.82) is 0 Å². The first-order valence-corrected chi connectivity index (χ1v) is 13.1. The standard InChI is InChI=1S/C20H32N7O6P/c1-12(14(3)28)25-34(31,26-13(2)19(30)33-15-6-4-5-7-15)11-32-9-8-27-10-22-16-17(27)23-20(21)24-18(16)29/h10,12-13,15H,4-9,11H2,1-3H3,(H2,25,26,31)(H3,21,23,24,29)/t12-,13+,34?/m1/s1. The van der Waals surface area contributed by atoms with Crippen LogP contribution in [0.25, 0.3) is 11.2 Å². The lowest BCUT2D eigenvalue weighted by Crippen LogP contribution is -2.42. The van der Waals surface area contributed by atoms with E-state index in [2.05, 4.69) is 25.1 Å².